The van der Waals surface area contributed by atoms with E-state index in [0.717, 1.165) is 12.8 Å². The van der Waals surface area contributed by atoms with Gasteiger partial charge in [0.25, 0.3) is 5.91 Å². The van der Waals surface area contributed by atoms with Gasteiger partial charge in [0.15, 0.2) is 23.9 Å². The molecule has 38 heavy (non-hydrogen) atoms. The molecule has 0 bridgehead atoms. The average molecular weight is 526 g/mol. The zero-order valence-electron chi connectivity index (χ0n) is 21.6. The van der Waals surface area contributed by atoms with Crippen LogP contribution in [0.25, 0.3) is 6.08 Å². The highest BCUT2D eigenvalue weighted by molar-refractivity contribution is 6.14. The summed E-state index contributed by atoms with van der Waals surface area (Å²) in [5, 5.41) is 12.0. The number of methoxy groups -OCH3 is 3. The molecule has 2 aliphatic rings. The van der Waals surface area contributed by atoms with Crippen molar-refractivity contribution in [2.45, 2.75) is 25.7 Å². The molecule has 1 aliphatic carbocycles. The van der Waals surface area contributed by atoms with Crippen LogP contribution >= 0.6 is 0 Å². The normalized spacial score (nSPS) is 19.3. The molecule has 0 aromatic heterocycles. The summed E-state index contributed by atoms with van der Waals surface area (Å²) in [6.45, 7) is 0.298. The van der Waals surface area contributed by atoms with Crippen molar-refractivity contribution in [1.82, 2.24) is 5.32 Å². The lowest BCUT2D eigenvalue weighted by molar-refractivity contribution is -0.143. The van der Waals surface area contributed by atoms with E-state index in [0.29, 0.717) is 59.3 Å². The molecule has 10 heteroatoms. The minimum Gasteiger partial charge on any atom is -0.493 e. The Hall–Kier alpha value is -4.21. The Balaban J connectivity index is 1.35. The molecule has 202 valence electrons. The Morgan fingerprint density at radius 1 is 1.03 bits per heavy atom. The Morgan fingerprint density at radius 2 is 1.76 bits per heavy atom. The molecule has 1 aliphatic heterocycles. The Labute approximate surface area is 220 Å². The second-order valence-electron chi connectivity index (χ2n) is 9.17. The Kier molecular flexibility index (Phi) is 8.40. The van der Waals surface area contributed by atoms with Gasteiger partial charge in [0.1, 0.15) is 11.5 Å². The second-order valence-corrected chi connectivity index (χ2v) is 9.17. The number of amides is 1. The van der Waals surface area contributed by atoms with Gasteiger partial charge in [-0.25, -0.2) is 0 Å². The van der Waals surface area contributed by atoms with Crippen LogP contribution in [0.4, 0.5) is 0 Å². The number of carboxylic acid groups (broad SMARTS) is 1. The van der Waals surface area contributed by atoms with Crippen molar-refractivity contribution in [1.29, 1.82) is 0 Å². The van der Waals surface area contributed by atoms with E-state index in [9.17, 15) is 14.4 Å². The summed E-state index contributed by atoms with van der Waals surface area (Å²) in [5.41, 5.74) is 0.954. The topological polar surface area (TPSA) is 130 Å². The summed E-state index contributed by atoms with van der Waals surface area (Å²) >= 11 is 0. The van der Waals surface area contributed by atoms with Crippen molar-refractivity contribution in [2.24, 2.45) is 11.8 Å². The SMILES string of the molecule is COc1ccc(/C=C2\Oc3cc(OCC(=O)NCC4CCC(C(=O)O)CC4)ccc3C2=O)c(OC)c1OC. The number of nitrogens with one attached hydrogen (secondary N) is 1. The number of carbonyl (C=O) groups is 3. The highest BCUT2D eigenvalue weighted by Gasteiger charge is 2.29. The number of ether oxygens (including phenoxy) is 5. The molecule has 0 atom stereocenters. The third-order valence-electron chi connectivity index (χ3n) is 6.82. The lowest BCUT2D eigenvalue weighted by Gasteiger charge is -2.26. The molecule has 1 amide bonds. The quantitative estimate of drug-likeness (QED) is 0.446. The molecule has 1 saturated carbocycles. The van der Waals surface area contributed by atoms with Crippen LogP contribution in [0.3, 0.4) is 0 Å². The molecule has 2 aromatic carbocycles. The standard InChI is InChI=1S/C28H31NO9/c1-34-21-11-8-18(26(35-2)27(21)36-3)12-23-25(31)20-10-9-19(13-22(20)38-23)37-15-24(30)29-14-16-4-6-17(7-5-16)28(32)33/h8-13,16-17H,4-7,14-15H2,1-3H3,(H,29,30)(H,32,33)/b23-12-. The van der Waals surface area contributed by atoms with Crippen molar-refractivity contribution in [3.8, 4) is 28.7 Å². The zero-order chi connectivity index (χ0) is 27.2. The molecule has 0 radical (unpaired) electrons. The number of benzene rings is 2. The van der Waals surface area contributed by atoms with Gasteiger partial charge in [-0.2, -0.15) is 0 Å². The number of aliphatic carboxylic acids is 1. The minimum atomic E-state index is -0.746. The highest BCUT2D eigenvalue weighted by atomic mass is 16.5. The smallest absolute Gasteiger partial charge is 0.306 e. The third kappa shape index (κ3) is 5.85. The maximum Gasteiger partial charge on any atom is 0.306 e. The molecular formula is C28H31NO9. The van der Waals surface area contributed by atoms with Gasteiger partial charge in [0, 0.05) is 18.2 Å². The molecule has 0 saturated heterocycles. The van der Waals surface area contributed by atoms with Crippen LogP contribution < -0.4 is 29.0 Å². The molecule has 1 fully saturated rings. The van der Waals surface area contributed by atoms with Crippen molar-refractivity contribution in [2.75, 3.05) is 34.5 Å². The predicted octanol–water partition coefficient (Wildman–Crippen LogP) is 3.71. The van der Waals surface area contributed by atoms with Gasteiger partial charge >= 0.3 is 5.97 Å². The first-order valence-corrected chi connectivity index (χ1v) is 12.3. The second kappa shape index (κ2) is 11.9. The fourth-order valence-electron chi connectivity index (χ4n) is 4.71. The van der Waals surface area contributed by atoms with E-state index in [1.807, 2.05) is 0 Å². The lowest BCUT2D eigenvalue weighted by Crippen LogP contribution is -2.35. The van der Waals surface area contributed by atoms with Crippen LogP contribution in [-0.4, -0.2) is 57.2 Å². The third-order valence-corrected chi connectivity index (χ3v) is 6.82. The van der Waals surface area contributed by atoms with E-state index in [1.54, 1.807) is 36.4 Å². The number of carbonyl (C=O) groups excluding carboxylic acids is 2. The number of Topliss-reactive ketones (excluding diaryl/α,β-unsaturated/α-hetero) is 1. The first-order valence-electron chi connectivity index (χ1n) is 12.3. The minimum absolute atomic E-state index is 0.109. The maximum absolute atomic E-state index is 12.9. The number of allylic oxidation sites excluding steroid dienone is 1. The van der Waals surface area contributed by atoms with Crippen LogP contribution in [0.2, 0.25) is 0 Å². The molecule has 0 unspecified atom stereocenters. The van der Waals surface area contributed by atoms with E-state index in [4.69, 9.17) is 28.8 Å². The van der Waals surface area contributed by atoms with E-state index >= 15 is 0 Å². The van der Waals surface area contributed by atoms with Gasteiger partial charge in [-0.1, -0.05) is 0 Å². The van der Waals surface area contributed by atoms with Crippen LogP contribution in [0.1, 0.15) is 41.6 Å². The van der Waals surface area contributed by atoms with E-state index in [-0.39, 0.29) is 35.9 Å². The predicted molar refractivity (Wildman–Crippen MR) is 137 cm³/mol. The Bertz CT molecular complexity index is 1250. The fourth-order valence-corrected chi connectivity index (χ4v) is 4.71. The number of fused-ring (bicyclic) bond motifs is 1. The van der Waals surface area contributed by atoms with E-state index in [2.05, 4.69) is 5.32 Å². The summed E-state index contributed by atoms with van der Waals surface area (Å²) in [6, 6.07) is 8.22. The maximum atomic E-state index is 12.9. The largest absolute Gasteiger partial charge is 0.493 e. The van der Waals surface area contributed by atoms with Gasteiger partial charge in [-0.3, -0.25) is 14.4 Å². The van der Waals surface area contributed by atoms with E-state index in [1.165, 1.54) is 21.3 Å². The molecule has 2 aromatic rings. The molecular weight excluding hydrogens is 494 g/mol. The number of hydrogen-bond acceptors (Lipinski definition) is 8. The summed E-state index contributed by atoms with van der Waals surface area (Å²) < 4.78 is 27.6. The molecule has 10 nitrogen and oxygen atoms in total. The van der Waals surface area contributed by atoms with Crippen molar-refractivity contribution >= 4 is 23.7 Å². The van der Waals surface area contributed by atoms with Gasteiger partial charge < -0.3 is 34.1 Å². The molecule has 2 N–H and O–H groups in total. The van der Waals surface area contributed by atoms with Gasteiger partial charge in [-0.15, -0.1) is 0 Å². The van der Waals surface area contributed by atoms with Crippen molar-refractivity contribution in [3.63, 3.8) is 0 Å². The first-order chi connectivity index (χ1) is 18.3. The summed E-state index contributed by atoms with van der Waals surface area (Å²) in [4.78, 5) is 36.3. The van der Waals surface area contributed by atoms with Crippen molar-refractivity contribution in [3.05, 3.63) is 47.2 Å². The van der Waals surface area contributed by atoms with Crippen molar-refractivity contribution < 1.29 is 43.2 Å². The summed E-state index contributed by atoms with van der Waals surface area (Å²) in [6.07, 6.45) is 4.39. The average Bonchev–Trinajstić information content (AvgIpc) is 3.24. The van der Waals surface area contributed by atoms with Crippen LogP contribution in [0.5, 0.6) is 28.7 Å². The molecule has 1 heterocycles. The van der Waals surface area contributed by atoms with Crippen LogP contribution in [-0.2, 0) is 9.59 Å². The monoisotopic (exact) mass is 525 g/mol. The number of hydrogen-bond donors (Lipinski definition) is 2. The summed E-state index contributed by atoms with van der Waals surface area (Å²) in [5.74, 6) is 0.784. The highest BCUT2D eigenvalue weighted by Crippen LogP contribution is 2.42. The van der Waals surface area contributed by atoms with Gasteiger partial charge in [0.05, 0.1) is 32.8 Å². The molecule has 4 rings (SSSR count). The Morgan fingerprint density at radius 3 is 2.42 bits per heavy atom. The fraction of sp³-hybridized carbons (Fsp3) is 0.393. The van der Waals surface area contributed by atoms with Gasteiger partial charge in [-0.05, 0) is 61.9 Å². The number of ketones is 1. The van der Waals surface area contributed by atoms with Crippen LogP contribution in [0.15, 0.2) is 36.1 Å². The molecule has 0 spiro atoms. The van der Waals surface area contributed by atoms with Gasteiger partial charge in [0.2, 0.25) is 11.5 Å². The van der Waals surface area contributed by atoms with Crippen LogP contribution in [0, 0.1) is 11.8 Å². The first kappa shape index (κ1) is 26.8. The summed E-state index contributed by atoms with van der Waals surface area (Å²) in [7, 11) is 4.52. The lowest BCUT2D eigenvalue weighted by atomic mass is 9.82. The van der Waals surface area contributed by atoms with E-state index < -0.39 is 5.97 Å². The zero-order valence-corrected chi connectivity index (χ0v) is 21.6. The number of rotatable bonds is 10. The number of carboxylic acids is 1.